The molecule has 3 aliphatic rings. The average Bonchev–Trinajstić information content (AvgIpc) is 2.46. The van der Waals surface area contributed by atoms with Gasteiger partial charge in [-0.2, -0.15) is 0 Å². The molecule has 0 heterocycles. The molecular weight excluding hydrogens is 256 g/mol. The second-order valence-corrected chi connectivity index (χ2v) is 8.55. The fourth-order valence-corrected chi connectivity index (χ4v) is 5.64. The van der Waals surface area contributed by atoms with E-state index in [9.17, 15) is 5.11 Å². The van der Waals surface area contributed by atoms with Gasteiger partial charge in [0.2, 0.25) is 0 Å². The highest BCUT2D eigenvalue weighted by Gasteiger charge is 2.52. The Hall–Kier alpha value is -0.560. The van der Waals surface area contributed by atoms with Gasteiger partial charge in [0.15, 0.2) is 0 Å². The largest absolute Gasteiger partial charge is 0.396 e. The molecule has 0 bridgehead atoms. The van der Waals surface area contributed by atoms with Crippen LogP contribution in [0.25, 0.3) is 0 Å². The molecule has 118 valence electrons. The minimum Gasteiger partial charge on any atom is -0.396 e. The van der Waals surface area contributed by atoms with Crippen molar-refractivity contribution in [3.05, 3.63) is 22.8 Å². The van der Waals surface area contributed by atoms with E-state index in [1.807, 2.05) is 0 Å². The maximum absolute atomic E-state index is 9.99. The predicted molar refractivity (Wildman–Crippen MR) is 89.1 cm³/mol. The van der Waals surface area contributed by atoms with Gasteiger partial charge in [0.1, 0.15) is 0 Å². The number of hydrogen-bond donors (Lipinski definition) is 1. The van der Waals surface area contributed by atoms with Gasteiger partial charge in [-0.25, -0.2) is 0 Å². The summed E-state index contributed by atoms with van der Waals surface area (Å²) < 4.78 is 0. The lowest BCUT2D eigenvalue weighted by molar-refractivity contribution is -0.0387. The molecule has 0 saturated heterocycles. The second kappa shape index (κ2) is 5.26. The maximum atomic E-state index is 9.99. The van der Waals surface area contributed by atoms with Gasteiger partial charge in [0.25, 0.3) is 0 Å². The molecule has 0 aliphatic heterocycles. The van der Waals surface area contributed by atoms with E-state index in [1.54, 1.807) is 16.7 Å². The zero-order valence-electron chi connectivity index (χ0n) is 14.3. The summed E-state index contributed by atoms with van der Waals surface area (Å²) >= 11 is 0. The molecule has 1 saturated carbocycles. The van der Waals surface area contributed by atoms with Crippen molar-refractivity contribution in [1.82, 2.24) is 0 Å². The monoisotopic (exact) mass is 288 g/mol. The van der Waals surface area contributed by atoms with Gasteiger partial charge in [-0.3, -0.25) is 0 Å². The van der Waals surface area contributed by atoms with Crippen molar-refractivity contribution in [2.45, 2.75) is 72.6 Å². The summed E-state index contributed by atoms with van der Waals surface area (Å²) in [5.41, 5.74) is 5.56. The summed E-state index contributed by atoms with van der Waals surface area (Å²) in [6, 6.07) is 0. The SMILES string of the molecule is CC(C)C1=CC2=C(CC1)[C@]1(C)CCC[C@](C)(CO)[C@@H]1CC2. The van der Waals surface area contributed by atoms with E-state index in [0.29, 0.717) is 23.9 Å². The minimum atomic E-state index is 0.146. The van der Waals surface area contributed by atoms with E-state index in [1.165, 1.54) is 44.9 Å². The molecule has 1 heteroatoms. The number of allylic oxidation sites excluding steroid dienone is 4. The van der Waals surface area contributed by atoms with Gasteiger partial charge in [0.05, 0.1) is 0 Å². The fourth-order valence-electron chi connectivity index (χ4n) is 5.64. The van der Waals surface area contributed by atoms with Gasteiger partial charge < -0.3 is 5.11 Å². The molecule has 3 aliphatic carbocycles. The van der Waals surface area contributed by atoms with Crippen molar-refractivity contribution < 1.29 is 5.11 Å². The highest BCUT2D eigenvalue weighted by atomic mass is 16.3. The molecule has 0 aromatic carbocycles. The van der Waals surface area contributed by atoms with E-state index in [4.69, 9.17) is 0 Å². The first-order valence-electron chi connectivity index (χ1n) is 8.94. The normalized spacial score (nSPS) is 39.9. The lowest BCUT2D eigenvalue weighted by atomic mass is 9.49. The molecule has 1 N–H and O–H groups in total. The van der Waals surface area contributed by atoms with Crippen LogP contribution in [0.1, 0.15) is 72.6 Å². The van der Waals surface area contributed by atoms with Gasteiger partial charge in [-0.1, -0.05) is 51.3 Å². The quantitative estimate of drug-likeness (QED) is 0.735. The Morgan fingerprint density at radius 3 is 2.62 bits per heavy atom. The van der Waals surface area contributed by atoms with Crippen LogP contribution in [0, 0.1) is 22.7 Å². The Bertz CT molecular complexity index is 484. The van der Waals surface area contributed by atoms with Gasteiger partial charge in [-0.05, 0) is 66.8 Å². The molecule has 0 aromatic rings. The van der Waals surface area contributed by atoms with Crippen molar-refractivity contribution in [3.8, 4) is 0 Å². The summed E-state index contributed by atoms with van der Waals surface area (Å²) in [6.45, 7) is 9.86. The summed E-state index contributed by atoms with van der Waals surface area (Å²) in [4.78, 5) is 0. The summed E-state index contributed by atoms with van der Waals surface area (Å²) in [5, 5.41) is 9.99. The van der Waals surface area contributed by atoms with Crippen LogP contribution in [0.2, 0.25) is 0 Å². The van der Waals surface area contributed by atoms with E-state index >= 15 is 0 Å². The first-order valence-corrected chi connectivity index (χ1v) is 8.94. The summed E-state index contributed by atoms with van der Waals surface area (Å²) in [5.74, 6) is 1.37. The van der Waals surface area contributed by atoms with Crippen LogP contribution in [-0.2, 0) is 0 Å². The third-order valence-corrected chi connectivity index (χ3v) is 6.96. The molecule has 0 amide bonds. The molecule has 21 heavy (non-hydrogen) atoms. The standard InChI is InChI=1S/C20H32O/c1-14(2)15-6-8-17-16(12-15)7-9-18-19(3,13-21)10-5-11-20(17,18)4/h12,14,18,21H,5-11,13H2,1-4H3/t18-,19+,20-/m0/s1. The van der Waals surface area contributed by atoms with Crippen LogP contribution >= 0.6 is 0 Å². The Morgan fingerprint density at radius 1 is 1.19 bits per heavy atom. The molecular formula is C20H32O. The maximum Gasteiger partial charge on any atom is 0.0487 e. The van der Waals surface area contributed by atoms with Crippen LogP contribution < -0.4 is 0 Å². The number of rotatable bonds is 2. The molecule has 1 fully saturated rings. The average molecular weight is 288 g/mol. The molecule has 1 nitrogen and oxygen atoms in total. The van der Waals surface area contributed by atoms with Crippen LogP contribution in [-0.4, -0.2) is 11.7 Å². The van der Waals surface area contributed by atoms with E-state index < -0.39 is 0 Å². The van der Waals surface area contributed by atoms with Crippen molar-refractivity contribution in [1.29, 1.82) is 0 Å². The van der Waals surface area contributed by atoms with Gasteiger partial charge in [0, 0.05) is 6.61 Å². The molecule has 0 spiro atoms. The smallest absolute Gasteiger partial charge is 0.0487 e. The number of aliphatic hydroxyl groups is 1. The van der Waals surface area contributed by atoms with E-state index in [0.717, 1.165) is 0 Å². The zero-order valence-corrected chi connectivity index (χ0v) is 14.3. The topological polar surface area (TPSA) is 20.2 Å². The third-order valence-electron chi connectivity index (χ3n) is 6.96. The lowest BCUT2D eigenvalue weighted by Gasteiger charge is -2.56. The number of aliphatic hydroxyl groups excluding tert-OH is 1. The molecule has 0 aromatic heterocycles. The Kier molecular flexibility index (Phi) is 3.84. The first-order chi connectivity index (χ1) is 9.90. The highest BCUT2D eigenvalue weighted by Crippen LogP contribution is 2.61. The number of fused-ring (bicyclic) bond motifs is 2. The molecule has 0 radical (unpaired) electrons. The first kappa shape index (κ1) is 15.3. The second-order valence-electron chi connectivity index (χ2n) is 8.55. The number of hydrogen-bond acceptors (Lipinski definition) is 1. The summed E-state index contributed by atoms with van der Waals surface area (Å²) in [7, 11) is 0. The van der Waals surface area contributed by atoms with E-state index in [2.05, 4.69) is 33.8 Å². The van der Waals surface area contributed by atoms with Crippen molar-refractivity contribution in [2.24, 2.45) is 22.7 Å². The zero-order chi connectivity index (χ0) is 15.3. The Labute approximate surface area is 130 Å². The van der Waals surface area contributed by atoms with Crippen LogP contribution in [0.3, 0.4) is 0 Å². The van der Waals surface area contributed by atoms with Crippen LogP contribution in [0.5, 0.6) is 0 Å². The van der Waals surface area contributed by atoms with Crippen LogP contribution in [0.4, 0.5) is 0 Å². The lowest BCUT2D eigenvalue weighted by Crippen LogP contribution is -2.48. The van der Waals surface area contributed by atoms with Crippen molar-refractivity contribution >= 4 is 0 Å². The molecule has 3 rings (SSSR count). The van der Waals surface area contributed by atoms with Crippen LogP contribution in [0.15, 0.2) is 22.8 Å². The Balaban J connectivity index is 2.00. The van der Waals surface area contributed by atoms with E-state index in [-0.39, 0.29) is 5.41 Å². The minimum absolute atomic E-state index is 0.146. The van der Waals surface area contributed by atoms with Crippen molar-refractivity contribution in [3.63, 3.8) is 0 Å². The van der Waals surface area contributed by atoms with Gasteiger partial charge >= 0.3 is 0 Å². The summed E-state index contributed by atoms with van der Waals surface area (Å²) in [6.07, 6.45) is 11.4. The van der Waals surface area contributed by atoms with Gasteiger partial charge in [-0.15, -0.1) is 0 Å². The molecule has 3 atom stereocenters. The molecule has 0 unspecified atom stereocenters. The Morgan fingerprint density at radius 2 is 1.95 bits per heavy atom. The third kappa shape index (κ3) is 2.32. The van der Waals surface area contributed by atoms with Crippen molar-refractivity contribution in [2.75, 3.05) is 6.61 Å². The fraction of sp³-hybridized carbons (Fsp3) is 0.800. The predicted octanol–water partition coefficient (Wildman–Crippen LogP) is 5.26. The highest BCUT2D eigenvalue weighted by molar-refractivity contribution is 5.40.